The molecule has 2 aliphatic rings. The van der Waals surface area contributed by atoms with Crippen molar-refractivity contribution in [2.45, 2.75) is 24.7 Å². The highest BCUT2D eigenvalue weighted by atomic mass is 19.4. The normalized spacial score (nSPS) is 17.4. The van der Waals surface area contributed by atoms with Gasteiger partial charge in [0.1, 0.15) is 12.7 Å². The van der Waals surface area contributed by atoms with Gasteiger partial charge in [-0.25, -0.2) is 19.7 Å². The van der Waals surface area contributed by atoms with Crippen molar-refractivity contribution in [2.75, 3.05) is 41.4 Å². The monoisotopic (exact) mass is 516 g/mol. The molecule has 3 aromatic rings. The summed E-state index contributed by atoms with van der Waals surface area (Å²) in [6.45, 7) is 0.631. The molecule has 2 aliphatic heterocycles. The maximum atomic E-state index is 13.4. The number of nitrogens with one attached hydrogen (secondary N) is 1. The zero-order valence-electron chi connectivity index (χ0n) is 19.4. The highest BCUT2D eigenvalue weighted by Gasteiger charge is 2.41. The van der Waals surface area contributed by atoms with Crippen LogP contribution in [-0.2, 0) is 6.18 Å². The van der Waals surface area contributed by atoms with Crippen molar-refractivity contribution >= 4 is 23.2 Å². The van der Waals surface area contributed by atoms with Crippen molar-refractivity contribution in [3.8, 4) is 17.3 Å². The molecule has 10 nitrogen and oxygen atoms in total. The predicted molar refractivity (Wildman–Crippen MR) is 127 cm³/mol. The highest BCUT2D eigenvalue weighted by Crippen LogP contribution is 2.40. The van der Waals surface area contributed by atoms with E-state index in [0.717, 1.165) is 12.1 Å². The van der Waals surface area contributed by atoms with Gasteiger partial charge in [-0.2, -0.15) is 13.2 Å². The summed E-state index contributed by atoms with van der Waals surface area (Å²) >= 11 is 0. The molecule has 3 N–H and O–H groups in total. The summed E-state index contributed by atoms with van der Waals surface area (Å²) in [6.07, 6.45) is -1.94. The predicted octanol–water partition coefficient (Wildman–Crippen LogP) is 2.92. The first-order chi connectivity index (χ1) is 17.7. The first-order valence-corrected chi connectivity index (χ1v) is 11.5. The van der Waals surface area contributed by atoms with Gasteiger partial charge in [-0.3, -0.25) is 4.90 Å². The Morgan fingerprint density at radius 2 is 2.08 bits per heavy atom. The Balaban J connectivity index is 1.42. The molecule has 4 heterocycles. The van der Waals surface area contributed by atoms with Gasteiger partial charge < -0.3 is 25.2 Å². The van der Waals surface area contributed by atoms with Gasteiger partial charge in [0, 0.05) is 36.6 Å². The summed E-state index contributed by atoms with van der Waals surface area (Å²) in [5.74, 6) is 0.531. The average molecular weight is 516 g/mol. The fourth-order valence-corrected chi connectivity index (χ4v) is 4.33. The van der Waals surface area contributed by atoms with Gasteiger partial charge in [0.2, 0.25) is 5.88 Å². The second kappa shape index (κ2) is 9.82. The third-order valence-corrected chi connectivity index (χ3v) is 6.13. The van der Waals surface area contributed by atoms with Crippen molar-refractivity contribution in [3.05, 3.63) is 54.4 Å². The van der Waals surface area contributed by atoms with E-state index in [1.54, 1.807) is 6.07 Å². The van der Waals surface area contributed by atoms with Gasteiger partial charge in [0.25, 0.3) is 0 Å². The van der Waals surface area contributed by atoms with Gasteiger partial charge >= 0.3 is 12.2 Å². The summed E-state index contributed by atoms with van der Waals surface area (Å²) < 4.78 is 45.0. The van der Waals surface area contributed by atoms with E-state index in [4.69, 9.17) is 9.84 Å². The van der Waals surface area contributed by atoms with Crippen LogP contribution in [0.1, 0.15) is 12.0 Å². The van der Waals surface area contributed by atoms with Gasteiger partial charge in [0.15, 0.2) is 11.6 Å². The van der Waals surface area contributed by atoms with E-state index in [1.807, 2.05) is 4.90 Å². The molecule has 1 fully saturated rings. The number of halogens is 3. The van der Waals surface area contributed by atoms with Crippen molar-refractivity contribution in [1.82, 2.24) is 15.0 Å². The second-order valence-corrected chi connectivity index (χ2v) is 8.70. The molecular formula is C24H23F3N6O4. The molecular weight excluding hydrogens is 493 g/mol. The number of carbonyl (C=O) groups excluding carboxylic acids is 1. The molecule has 37 heavy (non-hydrogen) atoms. The topological polar surface area (TPSA) is 124 Å². The molecule has 0 spiro atoms. The summed E-state index contributed by atoms with van der Waals surface area (Å²) in [5.41, 5.74) is 0.373. The first kappa shape index (κ1) is 24.7. The number of aromatic nitrogens is 3. The summed E-state index contributed by atoms with van der Waals surface area (Å²) in [6, 6.07) is 7.12. The van der Waals surface area contributed by atoms with Crippen molar-refractivity contribution in [2.24, 2.45) is 0 Å². The number of fused-ring (bicyclic) bond motifs is 4. The van der Waals surface area contributed by atoms with Gasteiger partial charge in [-0.1, -0.05) is 12.1 Å². The molecule has 194 valence electrons. The molecule has 2 atom stereocenters. The van der Waals surface area contributed by atoms with Crippen LogP contribution in [-0.4, -0.2) is 69.6 Å². The Morgan fingerprint density at radius 1 is 1.24 bits per heavy atom. The van der Waals surface area contributed by atoms with Crippen LogP contribution < -0.4 is 19.9 Å². The molecule has 2 aromatic heterocycles. The third-order valence-electron chi connectivity index (χ3n) is 6.13. The summed E-state index contributed by atoms with van der Waals surface area (Å²) in [4.78, 5) is 29.8. The molecule has 0 saturated carbocycles. The van der Waals surface area contributed by atoms with E-state index in [1.165, 1.54) is 35.5 Å². The van der Waals surface area contributed by atoms with E-state index in [-0.39, 0.29) is 29.9 Å². The largest absolute Gasteiger partial charge is 0.475 e. The maximum Gasteiger partial charge on any atom is 0.416 e. The number of carbonyl (C=O) groups is 1. The SMILES string of the molecule is O=C(Nc1ccnc(OC[C@@H](O)CO)c1)N1c2nc(-c3cccc(C(F)(F)F)c3)ncc2N2CCC1C2. The number of urea groups is 1. The number of nitrogens with zero attached hydrogens (tertiary/aromatic N) is 5. The standard InChI is InChI=1S/C24H23F3N6O4/c25-24(26,27)15-3-1-2-14(8-15)21-29-10-19-22(31-21)33(17-5-7-32(19)11-17)23(36)30-16-4-6-28-20(9-16)37-13-18(35)12-34/h1-4,6,8-10,17-18,34-35H,5,7,11-13H2,(H,28,30,36)/t17?,18-/m0/s1. The Kier molecular flexibility index (Phi) is 6.56. The number of ether oxygens (including phenoxy) is 1. The molecule has 0 radical (unpaired) electrons. The van der Waals surface area contributed by atoms with Gasteiger partial charge in [-0.15, -0.1) is 0 Å². The summed E-state index contributed by atoms with van der Waals surface area (Å²) in [7, 11) is 0. The number of aliphatic hydroxyl groups excluding tert-OH is 2. The third kappa shape index (κ3) is 5.13. The zero-order chi connectivity index (χ0) is 26.2. The lowest BCUT2D eigenvalue weighted by molar-refractivity contribution is -0.137. The van der Waals surface area contributed by atoms with Gasteiger partial charge in [-0.05, 0) is 24.6 Å². The van der Waals surface area contributed by atoms with Crippen LogP contribution in [0.4, 0.5) is 35.2 Å². The second-order valence-electron chi connectivity index (χ2n) is 8.70. The minimum Gasteiger partial charge on any atom is -0.475 e. The number of amides is 2. The van der Waals surface area contributed by atoms with Crippen LogP contribution in [0.5, 0.6) is 5.88 Å². The van der Waals surface area contributed by atoms with Crippen LogP contribution >= 0.6 is 0 Å². The Morgan fingerprint density at radius 3 is 2.86 bits per heavy atom. The number of hydrogen-bond donors (Lipinski definition) is 3. The van der Waals surface area contributed by atoms with Crippen LogP contribution in [0.3, 0.4) is 0 Å². The van der Waals surface area contributed by atoms with E-state index in [9.17, 15) is 23.1 Å². The first-order valence-electron chi connectivity index (χ1n) is 11.5. The molecule has 2 bridgehead atoms. The van der Waals surface area contributed by atoms with Crippen molar-refractivity contribution in [1.29, 1.82) is 0 Å². The van der Waals surface area contributed by atoms with Crippen molar-refractivity contribution < 1.29 is 32.9 Å². The number of rotatable bonds is 6. The minimum atomic E-state index is -4.51. The lowest BCUT2D eigenvalue weighted by atomic mass is 10.1. The van der Waals surface area contributed by atoms with Gasteiger partial charge in [0.05, 0.1) is 30.1 Å². The summed E-state index contributed by atoms with van der Waals surface area (Å²) in [5, 5.41) is 21.2. The molecule has 0 aliphatic carbocycles. The molecule has 5 rings (SSSR count). The molecule has 2 amide bonds. The number of benzene rings is 1. The van der Waals surface area contributed by atoms with Crippen LogP contribution in [0.25, 0.3) is 11.4 Å². The molecule has 1 saturated heterocycles. The number of anilines is 3. The number of aliphatic hydroxyl groups is 2. The smallest absolute Gasteiger partial charge is 0.416 e. The minimum absolute atomic E-state index is 0.0761. The zero-order valence-corrected chi connectivity index (χ0v) is 19.4. The Hall–Kier alpha value is -3.97. The fourth-order valence-electron chi connectivity index (χ4n) is 4.33. The van der Waals surface area contributed by atoms with Crippen LogP contribution in [0.15, 0.2) is 48.8 Å². The number of pyridine rings is 1. The molecule has 13 heteroatoms. The molecule has 1 unspecified atom stereocenters. The number of hydrogen-bond acceptors (Lipinski definition) is 8. The lowest BCUT2D eigenvalue weighted by Gasteiger charge is -2.35. The van der Waals surface area contributed by atoms with E-state index < -0.39 is 30.5 Å². The highest BCUT2D eigenvalue weighted by molar-refractivity contribution is 6.04. The van der Waals surface area contributed by atoms with Crippen LogP contribution in [0, 0.1) is 0 Å². The molecule has 1 aromatic carbocycles. The van der Waals surface area contributed by atoms with E-state index in [0.29, 0.717) is 36.7 Å². The van der Waals surface area contributed by atoms with Crippen LogP contribution in [0.2, 0.25) is 0 Å². The fraction of sp³-hybridized carbons (Fsp3) is 0.333. The Labute approximate surface area is 209 Å². The van der Waals surface area contributed by atoms with E-state index >= 15 is 0 Å². The van der Waals surface area contributed by atoms with Crippen molar-refractivity contribution in [3.63, 3.8) is 0 Å². The average Bonchev–Trinajstić information content (AvgIpc) is 3.31. The number of alkyl halides is 3. The maximum absolute atomic E-state index is 13.4. The Bertz CT molecular complexity index is 1310. The lowest BCUT2D eigenvalue weighted by Crippen LogP contribution is -2.48. The quantitative estimate of drug-likeness (QED) is 0.457. The van der Waals surface area contributed by atoms with E-state index in [2.05, 4.69) is 20.3 Å².